The maximum Gasteiger partial charge on any atom is 0.416 e. The Hall–Kier alpha value is -1.66. The van der Waals surface area contributed by atoms with Crippen molar-refractivity contribution in [3.63, 3.8) is 0 Å². The maximum atomic E-state index is 12.6. The first-order chi connectivity index (χ1) is 10.4. The minimum absolute atomic E-state index is 0.248. The molecule has 0 fully saturated rings. The van der Waals surface area contributed by atoms with Gasteiger partial charge in [-0.1, -0.05) is 12.1 Å². The Balaban J connectivity index is 2.44. The lowest BCUT2D eigenvalue weighted by molar-refractivity contribution is -0.137. The lowest BCUT2D eigenvalue weighted by atomic mass is 10.1. The van der Waals surface area contributed by atoms with E-state index in [1.54, 1.807) is 6.92 Å². The molecular formula is C15H14ClF3N2O. The van der Waals surface area contributed by atoms with Gasteiger partial charge in [0.15, 0.2) is 5.82 Å². The topological polar surface area (TPSA) is 35.0 Å². The summed E-state index contributed by atoms with van der Waals surface area (Å²) in [5.41, 5.74) is 1.91. The van der Waals surface area contributed by atoms with Gasteiger partial charge in [0.2, 0.25) is 0 Å². The summed E-state index contributed by atoms with van der Waals surface area (Å²) in [6, 6.07) is 4.74. The van der Waals surface area contributed by atoms with Crippen LogP contribution >= 0.6 is 11.6 Å². The number of methoxy groups -OCH3 is 1. The zero-order valence-corrected chi connectivity index (χ0v) is 12.8. The molecule has 0 saturated carbocycles. The summed E-state index contributed by atoms with van der Waals surface area (Å²) < 4.78 is 42.8. The van der Waals surface area contributed by atoms with Crippen LogP contribution in [0, 0.1) is 6.92 Å². The van der Waals surface area contributed by atoms with E-state index in [2.05, 4.69) is 9.97 Å². The van der Waals surface area contributed by atoms with Gasteiger partial charge in [0.25, 0.3) is 0 Å². The molecule has 0 unspecified atom stereocenters. The van der Waals surface area contributed by atoms with Crippen LogP contribution in [0.5, 0.6) is 0 Å². The van der Waals surface area contributed by atoms with Gasteiger partial charge in [0, 0.05) is 23.9 Å². The Labute approximate surface area is 131 Å². The van der Waals surface area contributed by atoms with Crippen molar-refractivity contribution in [1.29, 1.82) is 0 Å². The molecule has 0 spiro atoms. The van der Waals surface area contributed by atoms with Crippen molar-refractivity contribution < 1.29 is 17.9 Å². The minimum Gasteiger partial charge on any atom is -0.378 e. The third-order valence-electron chi connectivity index (χ3n) is 3.18. The van der Waals surface area contributed by atoms with Crippen LogP contribution in [0.4, 0.5) is 13.2 Å². The number of benzene rings is 1. The second-order valence-corrected chi connectivity index (χ2v) is 4.97. The van der Waals surface area contributed by atoms with E-state index in [0.717, 1.165) is 17.7 Å². The summed E-state index contributed by atoms with van der Waals surface area (Å²) in [6.45, 7) is 2.05. The minimum atomic E-state index is -4.36. The molecule has 1 aromatic carbocycles. The van der Waals surface area contributed by atoms with Crippen molar-refractivity contribution in [2.45, 2.75) is 25.6 Å². The highest BCUT2D eigenvalue weighted by Gasteiger charge is 2.30. The van der Waals surface area contributed by atoms with Gasteiger partial charge in [0.1, 0.15) is 0 Å². The molecule has 1 heterocycles. The maximum absolute atomic E-state index is 12.6. The van der Waals surface area contributed by atoms with E-state index >= 15 is 0 Å². The van der Waals surface area contributed by atoms with Crippen molar-refractivity contribution in [1.82, 2.24) is 9.97 Å². The van der Waals surface area contributed by atoms with Crippen LogP contribution in [0.3, 0.4) is 0 Å². The van der Waals surface area contributed by atoms with E-state index in [9.17, 15) is 13.2 Å². The van der Waals surface area contributed by atoms with Crippen LogP contribution < -0.4 is 0 Å². The number of rotatable bonds is 4. The second-order valence-electron chi connectivity index (χ2n) is 4.70. The number of nitrogens with zero attached hydrogens (tertiary/aromatic N) is 2. The average molecular weight is 331 g/mol. The summed E-state index contributed by atoms with van der Waals surface area (Å²) in [6.07, 6.45) is -4.36. The number of hydrogen-bond acceptors (Lipinski definition) is 3. The van der Waals surface area contributed by atoms with Gasteiger partial charge in [0.05, 0.1) is 23.7 Å². The Morgan fingerprint density at radius 2 is 1.77 bits per heavy atom. The Bertz CT molecular complexity index is 657. The van der Waals surface area contributed by atoms with Crippen molar-refractivity contribution >= 4 is 11.6 Å². The number of aromatic nitrogens is 2. The summed E-state index contributed by atoms with van der Waals surface area (Å²) >= 11 is 5.88. The highest BCUT2D eigenvalue weighted by atomic mass is 35.5. The quantitative estimate of drug-likeness (QED) is 0.781. The number of halogens is 4. The lowest BCUT2D eigenvalue weighted by Crippen LogP contribution is -2.06. The molecule has 0 N–H and O–H groups in total. The van der Waals surface area contributed by atoms with Crippen LogP contribution in [-0.4, -0.2) is 17.1 Å². The fourth-order valence-corrected chi connectivity index (χ4v) is 2.37. The van der Waals surface area contributed by atoms with E-state index in [0.29, 0.717) is 22.8 Å². The van der Waals surface area contributed by atoms with Gasteiger partial charge >= 0.3 is 6.18 Å². The fraction of sp³-hybridized carbons (Fsp3) is 0.333. The molecule has 22 heavy (non-hydrogen) atoms. The Kier molecular flexibility index (Phi) is 5.03. The molecule has 2 aromatic rings. The third-order valence-corrected chi connectivity index (χ3v) is 3.45. The molecule has 0 saturated heterocycles. The third kappa shape index (κ3) is 3.56. The molecule has 1 aromatic heterocycles. The molecule has 0 radical (unpaired) electrons. The van der Waals surface area contributed by atoms with Crippen molar-refractivity contribution in [3.8, 4) is 11.4 Å². The van der Waals surface area contributed by atoms with Crippen LogP contribution in [0.15, 0.2) is 24.3 Å². The molecule has 3 nitrogen and oxygen atoms in total. The number of ether oxygens (including phenoxy) is 1. The summed E-state index contributed by atoms with van der Waals surface area (Å²) in [4.78, 5) is 8.67. The smallest absolute Gasteiger partial charge is 0.378 e. The van der Waals surface area contributed by atoms with Crippen molar-refractivity contribution in [2.24, 2.45) is 0 Å². The van der Waals surface area contributed by atoms with Gasteiger partial charge in [-0.3, -0.25) is 0 Å². The molecule has 118 valence electrons. The molecule has 7 heteroatoms. The molecule has 0 aliphatic carbocycles. The van der Waals surface area contributed by atoms with Gasteiger partial charge in [-0.25, -0.2) is 9.97 Å². The molecule has 0 bridgehead atoms. The largest absolute Gasteiger partial charge is 0.416 e. The van der Waals surface area contributed by atoms with Crippen LogP contribution in [0.25, 0.3) is 11.4 Å². The fourth-order valence-electron chi connectivity index (χ4n) is 2.02. The Morgan fingerprint density at radius 1 is 1.14 bits per heavy atom. The summed E-state index contributed by atoms with van der Waals surface area (Å²) in [5, 5.41) is 0. The van der Waals surface area contributed by atoms with E-state index in [1.807, 2.05) is 0 Å². The summed E-state index contributed by atoms with van der Waals surface area (Å²) in [5.74, 6) is 0.602. The normalized spacial score (nSPS) is 11.7. The van der Waals surface area contributed by atoms with E-state index in [4.69, 9.17) is 16.3 Å². The summed E-state index contributed by atoms with van der Waals surface area (Å²) in [7, 11) is 1.53. The van der Waals surface area contributed by atoms with Gasteiger partial charge in [-0.05, 0) is 19.1 Å². The van der Waals surface area contributed by atoms with Crippen LogP contribution in [-0.2, 0) is 23.4 Å². The average Bonchev–Trinajstić information content (AvgIpc) is 2.46. The number of hydrogen-bond donors (Lipinski definition) is 0. The van der Waals surface area contributed by atoms with Crippen molar-refractivity contribution in [3.05, 3.63) is 46.8 Å². The van der Waals surface area contributed by atoms with Crippen LogP contribution in [0.2, 0.25) is 0 Å². The molecule has 0 aliphatic rings. The second kappa shape index (κ2) is 6.62. The van der Waals surface area contributed by atoms with E-state index in [1.165, 1.54) is 19.2 Å². The first kappa shape index (κ1) is 16.7. The predicted molar refractivity (Wildman–Crippen MR) is 77.5 cm³/mol. The lowest BCUT2D eigenvalue weighted by Gasteiger charge is -2.12. The van der Waals surface area contributed by atoms with Gasteiger partial charge in [-0.2, -0.15) is 13.2 Å². The predicted octanol–water partition coefficient (Wildman–Crippen LogP) is 4.36. The first-order valence-electron chi connectivity index (χ1n) is 6.45. The molecule has 2 rings (SSSR count). The SMILES string of the molecule is COCc1nc(-c2ccc(C(F)(F)F)cc2)nc(C)c1CCl. The van der Waals surface area contributed by atoms with Crippen LogP contribution in [0.1, 0.15) is 22.5 Å². The zero-order valence-electron chi connectivity index (χ0n) is 12.0. The highest BCUT2D eigenvalue weighted by Crippen LogP contribution is 2.30. The van der Waals surface area contributed by atoms with E-state index < -0.39 is 11.7 Å². The molecule has 0 aliphatic heterocycles. The van der Waals surface area contributed by atoms with Gasteiger partial charge in [-0.15, -0.1) is 11.6 Å². The molecule has 0 atom stereocenters. The molecular weight excluding hydrogens is 317 g/mol. The molecule has 0 amide bonds. The first-order valence-corrected chi connectivity index (χ1v) is 6.99. The standard InChI is InChI=1S/C15H14ClF3N2O/c1-9-12(7-16)13(8-22-2)21-14(20-9)10-3-5-11(6-4-10)15(17,18)19/h3-6H,7-8H2,1-2H3. The zero-order chi connectivity index (χ0) is 16.3. The number of aryl methyl sites for hydroxylation is 1. The number of alkyl halides is 4. The Morgan fingerprint density at radius 3 is 2.27 bits per heavy atom. The van der Waals surface area contributed by atoms with Crippen molar-refractivity contribution in [2.75, 3.05) is 7.11 Å². The van der Waals surface area contributed by atoms with E-state index in [-0.39, 0.29) is 12.5 Å². The monoisotopic (exact) mass is 330 g/mol. The highest BCUT2D eigenvalue weighted by molar-refractivity contribution is 6.17. The van der Waals surface area contributed by atoms with Gasteiger partial charge < -0.3 is 4.74 Å².